The highest BCUT2D eigenvalue weighted by Crippen LogP contribution is 2.49. The van der Waals surface area contributed by atoms with Crippen LogP contribution in [0, 0.1) is 17.8 Å². The summed E-state index contributed by atoms with van der Waals surface area (Å²) in [6, 6.07) is -4.83. The smallest absolute Gasteiger partial charge is 0.418 e. The molecule has 65 heavy (non-hydrogen) atoms. The number of allylic oxidation sites excluding steroid dienone is 1. The third-order valence-corrected chi connectivity index (χ3v) is 15.5. The summed E-state index contributed by atoms with van der Waals surface area (Å²) in [4.78, 5) is 62.0. The quantitative estimate of drug-likeness (QED) is 0.200. The topological polar surface area (TPSA) is 194 Å². The lowest BCUT2D eigenvalue weighted by atomic mass is 9.86. The lowest BCUT2D eigenvalue weighted by Crippen LogP contribution is -2.64. The van der Waals surface area contributed by atoms with Gasteiger partial charge in [0.15, 0.2) is 6.04 Å². The van der Waals surface area contributed by atoms with Gasteiger partial charge in [-0.25, -0.2) is 22.6 Å². The molecular weight excluding hydrogens is 900 g/mol. The van der Waals surface area contributed by atoms with Crippen LogP contribution in [0.1, 0.15) is 77.2 Å². The fourth-order valence-corrected chi connectivity index (χ4v) is 11.0. The van der Waals surface area contributed by atoms with Gasteiger partial charge in [-0.1, -0.05) is 26.0 Å². The van der Waals surface area contributed by atoms with E-state index in [2.05, 4.69) is 10.3 Å². The Morgan fingerprint density at radius 2 is 1.82 bits per heavy atom. The lowest BCUT2D eigenvalue weighted by molar-refractivity contribution is -0.200. The zero-order valence-electron chi connectivity index (χ0n) is 35.6. The van der Waals surface area contributed by atoms with Crippen LogP contribution in [0.15, 0.2) is 36.5 Å². The van der Waals surface area contributed by atoms with Gasteiger partial charge in [0, 0.05) is 35.9 Å². The maximum Gasteiger partial charge on any atom is 0.418 e. The number of halogens is 7. The van der Waals surface area contributed by atoms with Crippen LogP contribution < -0.4 is 19.5 Å². The number of ether oxygens (including phenoxy) is 3. The number of nitrogens with one attached hydrogen (secondary N) is 2. The molecule has 4 heterocycles. The Kier molecular flexibility index (Phi) is 13.1. The molecule has 7 rings (SSSR count). The van der Waals surface area contributed by atoms with E-state index >= 15 is 18.0 Å². The average Bonchev–Trinajstić information content (AvgIpc) is 4.15. The second-order valence-corrected chi connectivity index (χ2v) is 20.0. The van der Waals surface area contributed by atoms with E-state index in [0.29, 0.717) is 25.5 Å². The van der Waals surface area contributed by atoms with Gasteiger partial charge in [-0.3, -0.25) is 24.0 Å². The molecule has 2 saturated heterocycles. The number of carbonyl (C=O) groups excluding carboxylic acids is 3. The van der Waals surface area contributed by atoms with Crippen molar-refractivity contribution in [3.8, 4) is 11.6 Å². The predicted molar refractivity (Wildman–Crippen MR) is 216 cm³/mol. The van der Waals surface area contributed by atoms with Crippen molar-refractivity contribution < 1.29 is 77.6 Å². The largest absolute Gasteiger partial charge is 0.497 e. The van der Waals surface area contributed by atoms with Crippen molar-refractivity contribution in [2.45, 2.75) is 125 Å². The van der Waals surface area contributed by atoms with E-state index in [4.69, 9.17) is 14.2 Å². The van der Waals surface area contributed by atoms with Crippen LogP contribution in [0.25, 0.3) is 10.8 Å². The van der Waals surface area contributed by atoms with Crippen molar-refractivity contribution in [2.75, 3.05) is 27.0 Å². The van der Waals surface area contributed by atoms with Gasteiger partial charge in [0.1, 0.15) is 40.9 Å². The summed E-state index contributed by atoms with van der Waals surface area (Å²) in [5.74, 6) is -7.02. The number of methoxy groups -OCH3 is 1. The summed E-state index contributed by atoms with van der Waals surface area (Å²) in [7, 11) is -3.48. The van der Waals surface area contributed by atoms with Crippen molar-refractivity contribution >= 4 is 44.6 Å². The molecule has 358 valence electrons. The molecule has 1 aromatic heterocycles. The molecule has 15 nitrogen and oxygen atoms in total. The summed E-state index contributed by atoms with van der Waals surface area (Å²) in [6.45, 7) is 2.08. The number of aromatic nitrogens is 1. The Bertz CT molecular complexity index is 2320. The zero-order valence-corrected chi connectivity index (χ0v) is 36.4. The summed E-state index contributed by atoms with van der Waals surface area (Å²) in [5.41, 5.74) is -3.38. The van der Waals surface area contributed by atoms with E-state index in [1.165, 1.54) is 20.1 Å². The summed E-state index contributed by atoms with van der Waals surface area (Å²) in [6.07, 6.45) is -10.8. The fraction of sp³-hybridized carbons (Fsp3) is 0.643. The third kappa shape index (κ3) is 9.27. The van der Waals surface area contributed by atoms with Crippen LogP contribution in [0.2, 0.25) is 0 Å². The number of hydrogen-bond acceptors (Lipinski definition) is 10. The number of carbonyl (C=O) groups is 4. The Labute approximate surface area is 369 Å². The lowest BCUT2D eigenvalue weighted by Gasteiger charge is -2.43. The SMILES string of the molecule is COc1ccc2c(O[C@@H]3C[C@H]4C(=O)N[C@]5(C(=O)NS(=O)(=O)C6(CF)CC6)C[C@H]5/C=C\CC[C@@H](C)C[C@@H](C)[C@H](N(C(=O)O)C5CCCOC5)C(=O)N4C3C(F)(F)F)ncc(C(F)(F)F)c2c1. The number of nitrogens with zero attached hydrogens (tertiary/aromatic N) is 3. The summed E-state index contributed by atoms with van der Waals surface area (Å²) < 4.78 is 147. The van der Waals surface area contributed by atoms with Crippen LogP contribution in [0.4, 0.5) is 35.5 Å². The van der Waals surface area contributed by atoms with E-state index in [1.807, 2.05) is 4.72 Å². The van der Waals surface area contributed by atoms with Crippen molar-refractivity contribution in [3.05, 3.63) is 42.1 Å². The Morgan fingerprint density at radius 3 is 2.42 bits per heavy atom. The molecule has 5 aliphatic rings. The second-order valence-electron chi connectivity index (χ2n) is 17.9. The Balaban J connectivity index is 1.36. The summed E-state index contributed by atoms with van der Waals surface area (Å²) >= 11 is 0. The number of hydrogen-bond donors (Lipinski definition) is 3. The minimum absolute atomic E-state index is 0.0424. The molecule has 2 unspecified atom stereocenters. The monoisotopic (exact) mass is 949 g/mol. The van der Waals surface area contributed by atoms with Crippen molar-refractivity contribution in [3.63, 3.8) is 0 Å². The van der Waals surface area contributed by atoms with Gasteiger partial charge in [0.25, 0.3) is 5.91 Å². The molecule has 0 radical (unpaired) electrons. The molecule has 4 amide bonds. The molecule has 9 atom stereocenters. The number of pyridine rings is 1. The molecule has 1 aromatic carbocycles. The molecule has 2 saturated carbocycles. The van der Waals surface area contributed by atoms with Crippen LogP contribution in [0.3, 0.4) is 0 Å². The highest BCUT2D eigenvalue weighted by molar-refractivity contribution is 7.91. The number of carboxylic acid groups (broad SMARTS) is 1. The number of rotatable bonds is 9. The molecule has 23 heteroatoms. The first-order valence-electron chi connectivity index (χ1n) is 21.3. The first-order chi connectivity index (χ1) is 30.5. The predicted octanol–water partition coefficient (Wildman–Crippen LogP) is 5.90. The standard InChI is InChI=1S/C42H50F7N5O10S/c1-22-7-4-5-8-24-18-40(24,37(57)52-65(60,61)39(21-43)12-13-39)51-34(55)30-17-31(64-35-27-11-10-26(62-3)16-28(27)29(19-50-35)41(44,45)46)33(42(47,48)49)54(30)36(56)32(23(2)15-22)53(38(58)59)25-9-6-14-63-20-25/h5,8,10-11,16,19,22-25,30-33H,4,6-7,9,12-15,17-18,20-21H2,1-3H3,(H,51,55)(H,52,57)(H,58,59)/b8-5-/t22-,23-,24-,25?,30+,31-,32+,33?,40-/m1/s1. The van der Waals surface area contributed by atoms with Gasteiger partial charge in [-0.2, -0.15) is 26.3 Å². The maximum atomic E-state index is 15.9. The van der Waals surface area contributed by atoms with E-state index in [1.54, 1.807) is 19.1 Å². The molecule has 0 spiro atoms. The fourth-order valence-electron chi connectivity index (χ4n) is 9.60. The van der Waals surface area contributed by atoms with Gasteiger partial charge < -0.3 is 29.5 Å². The van der Waals surface area contributed by atoms with Gasteiger partial charge in [0.05, 0.1) is 25.3 Å². The molecule has 0 bridgehead atoms. The number of benzene rings is 1. The first kappa shape index (κ1) is 48.0. The maximum absolute atomic E-state index is 15.9. The molecular formula is C42H50F7N5O10S. The molecule has 3 N–H and O–H groups in total. The number of fused-ring (bicyclic) bond motifs is 3. The van der Waals surface area contributed by atoms with Crippen LogP contribution in [-0.4, -0.2) is 126 Å². The highest BCUT2D eigenvalue weighted by Gasteiger charge is 2.66. The van der Waals surface area contributed by atoms with E-state index in [0.717, 1.165) is 17.0 Å². The van der Waals surface area contributed by atoms with E-state index in [9.17, 15) is 45.5 Å². The Morgan fingerprint density at radius 1 is 1.09 bits per heavy atom. The van der Waals surface area contributed by atoms with E-state index in [-0.39, 0.29) is 61.9 Å². The summed E-state index contributed by atoms with van der Waals surface area (Å²) in [5, 5.41) is 12.2. The number of alkyl halides is 7. The van der Waals surface area contributed by atoms with Gasteiger partial charge in [0.2, 0.25) is 27.7 Å². The van der Waals surface area contributed by atoms with Gasteiger partial charge >= 0.3 is 18.4 Å². The van der Waals surface area contributed by atoms with Gasteiger partial charge in [-0.05, 0) is 81.4 Å². The van der Waals surface area contributed by atoms with Crippen LogP contribution in [-0.2, 0) is 35.3 Å². The van der Waals surface area contributed by atoms with Crippen molar-refractivity contribution in [2.24, 2.45) is 17.8 Å². The molecule has 2 aliphatic carbocycles. The van der Waals surface area contributed by atoms with Crippen molar-refractivity contribution in [1.29, 1.82) is 0 Å². The average molecular weight is 950 g/mol. The number of amides is 4. The minimum Gasteiger partial charge on any atom is -0.497 e. The first-order valence-corrected chi connectivity index (χ1v) is 22.8. The highest BCUT2D eigenvalue weighted by atomic mass is 32.2. The second kappa shape index (κ2) is 17.7. The van der Waals surface area contributed by atoms with E-state index < -0.39 is 134 Å². The minimum atomic E-state index is -5.47. The molecule has 3 aliphatic heterocycles. The number of sulfonamides is 1. The normalized spacial score (nSPS) is 31.3. The van der Waals surface area contributed by atoms with Crippen LogP contribution >= 0.6 is 0 Å². The van der Waals surface area contributed by atoms with Gasteiger partial charge in [-0.15, -0.1) is 0 Å². The third-order valence-electron chi connectivity index (χ3n) is 13.4. The molecule has 4 fully saturated rings. The van der Waals surface area contributed by atoms with Crippen molar-refractivity contribution in [1.82, 2.24) is 24.8 Å². The zero-order chi connectivity index (χ0) is 47.4. The Hall–Kier alpha value is -4.93. The van der Waals surface area contributed by atoms with Crippen LogP contribution in [0.5, 0.6) is 11.6 Å². The molecule has 2 aromatic rings.